The SMILES string of the molecule is O[C@H]1c2ccccc2CC1(Cc1ccccc1)C1=Cc2ccccc2C1. The van der Waals surface area contributed by atoms with Crippen LogP contribution < -0.4 is 0 Å². The van der Waals surface area contributed by atoms with Crippen LogP contribution in [0.2, 0.25) is 0 Å². The smallest absolute Gasteiger partial charge is 0.0892 e. The van der Waals surface area contributed by atoms with Gasteiger partial charge in [0, 0.05) is 5.41 Å². The van der Waals surface area contributed by atoms with Crippen LogP contribution in [0.15, 0.2) is 84.4 Å². The van der Waals surface area contributed by atoms with Gasteiger partial charge in [0.05, 0.1) is 6.10 Å². The van der Waals surface area contributed by atoms with Gasteiger partial charge in [0.2, 0.25) is 0 Å². The lowest BCUT2D eigenvalue weighted by molar-refractivity contribution is 0.0651. The van der Waals surface area contributed by atoms with Gasteiger partial charge in [-0.2, -0.15) is 0 Å². The van der Waals surface area contributed by atoms with Crippen molar-refractivity contribution in [3.63, 3.8) is 0 Å². The summed E-state index contributed by atoms with van der Waals surface area (Å²) in [5.74, 6) is 0. The quantitative estimate of drug-likeness (QED) is 0.700. The number of aliphatic hydroxyl groups excluding tert-OH is 1. The largest absolute Gasteiger partial charge is 0.387 e. The van der Waals surface area contributed by atoms with Gasteiger partial charge in [-0.1, -0.05) is 90.5 Å². The Balaban J connectivity index is 1.62. The van der Waals surface area contributed by atoms with Gasteiger partial charge < -0.3 is 5.11 Å². The molecule has 3 aromatic rings. The highest BCUT2D eigenvalue weighted by molar-refractivity contribution is 5.66. The normalized spacial score (nSPS) is 23.4. The average Bonchev–Trinajstić information content (AvgIpc) is 3.23. The number of hydrogen-bond donors (Lipinski definition) is 1. The molecule has 2 aliphatic carbocycles. The third-order valence-corrected chi connectivity index (χ3v) is 6.15. The van der Waals surface area contributed by atoms with Gasteiger partial charge in [0.25, 0.3) is 0 Å². The van der Waals surface area contributed by atoms with Crippen LogP contribution >= 0.6 is 0 Å². The Morgan fingerprint density at radius 1 is 0.808 bits per heavy atom. The topological polar surface area (TPSA) is 20.2 Å². The molecule has 2 aliphatic rings. The first-order valence-corrected chi connectivity index (χ1v) is 9.35. The fraction of sp³-hybridized carbons (Fsp3) is 0.200. The van der Waals surface area contributed by atoms with Crippen LogP contribution in [0.4, 0.5) is 0 Å². The molecule has 0 saturated heterocycles. The molecule has 0 fully saturated rings. The van der Waals surface area contributed by atoms with Gasteiger partial charge in [-0.15, -0.1) is 0 Å². The minimum absolute atomic E-state index is 0.260. The van der Waals surface area contributed by atoms with E-state index in [1.807, 2.05) is 6.07 Å². The molecule has 128 valence electrons. The van der Waals surface area contributed by atoms with Crippen molar-refractivity contribution >= 4 is 6.08 Å². The first-order chi connectivity index (χ1) is 12.8. The maximum absolute atomic E-state index is 11.5. The maximum Gasteiger partial charge on any atom is 0.0892 e. The van der Waals surface area contributed by atoms with E-state index in [-0.39, 0.29) is 5.41 Å². The standard InChI is InChI=1S/C25H22O/c26-24-23-13-7-6-12-21(23)17-25(24,16-18-8-2-1-3-9-18)22-14-19-10-4-5-11-20(19)15-22/h1-14,24,26H,15-17H2/t24-,25?/m0/s1. The van der Waals surface area contributed by atoms with Crippen molar-refractivity contribution in [1.29, 1.82) is 0 Å². The molecule has 0 aromatic heterocycles. The van der Waals surface area contributed by atoms with E-state index >= 15 is 0 Å². The van der Waals surface area contributed by atoms with Gasteiger partial charge >= 0.3 is 0 Å². The summed E-state index contributed by atoms with van der Waals surface area (Å²) in [4.78, 5) is 0. The molecular formula is C25H22O. The molecule has 3 aromatic carbocycles. The molecular weight excluding hydrogens is 316 g/mol. The Morgan fingerprint density at radius 3 is 2.27 bits per heavy atom. The van der Waals surface area contributed by atoms with E-state index in [9.17, 15) is 5.11 Å². The summed E-state index contributed by atoms with van der Waals surface area (Å²) < 4.78 is 0. The molecule has 2 atom stereocenters. The van der Waals surface area contributed by atoms with E-state index in [0.29, 0.717) is 0 Å². The Kier molecular flexibility index (Phi) is 3.58. The van der Waals surface area contributed by atoms with Crippen LogP contribution in [0.5, 0.6) is 0 Å². The summed E-state index contributed by atoms with van der Waals surface area (Å²) in [6.45, 7) is 0. The summed E-state index contributed by atoms with van der Waals surface area (Å²) >= 11 is 0. The zero-order valence-electron chi connectivity index (χ0n) is 14.7. The van der Waals surface area contributed by atoms with Crippen LogP contribution in [0.1, 0.15) is 33.9 Å². The summed E-state index contributed by atoms with van der Waals surface area (Å²) in [6.07, 6.45) is 4.57. The van der Waals surface area contributed by atoms with E-state index in [0.717, 1.165) is 24.8 Å². The predicted molar refractivity (Wildman–Crippen MR) is 106 cm³/mol. The van der Waals surface area contributed by atoms with Crippen LogP contribution in [-0.2, 0) is 19.3 Å². The van der Waals surface area contributed by atoms with E-state index in [1.54, 1.807) is 0 Å². The molecule has 0 aliphatic heterocycles. The molecule has 1 heteroatoms. The predicted octanol–water partition coefficient (Wildman–Crippen LogP) is 5.14. The first-order valence-electron chi connectivity index (χ1n) is 9.35. The molecule has 26 heavy (non-hydrogen) atoms. The van der Waals surface area contributed by atoms with Crippen molar-refractivity contribution in [1.82, 2.24) is 0 Å². The van der Waals surface area contributed by atoms with Crippen LogP contribution in [0.25, 0.3) is 6.08 Å². The molecule has 0 bridgehead atoms. The fourth-order valence-corrected chi connectivity index (χ4v) is 4.82. The second kappa shape index (κ2) is 5.96. The first kappa shape index (κ1) is 15.6. The molecule has 1 unspecified atom stereocenters. The lowest BCUT2D eigenvalue weighted by Crippen LogP contribution is -2.31. The zero-order valence-corrected chi connectivity index (χ0v) is 14.7. The number of hydrogen-bond acceptors (Lipinski definition) is 1. The second-order valence-corrected chi connectivity index (χ2v) is 7.64. The highest BCUT2D eigenvalue weighted by atomic mass is 16.3. The summed E-state index contributed by atoms with van der Waals surface area (Å²) in [5.41, 5.74) is 7.45. The van der Waals surface area contributed by atoms with Crippen molar-refractivity contribution in [2.24, 2.45) is 5.41 Å². The molecule has 0 radical (unpaired) electrons. The monoisotopic (exact) mass is 338 g/mol. The lowest BCUT2D eigenvalue weighted by Gasteiger charge is -2.35. The van der Waals surface area contributed by atoms with Crippen molar-refractivity contribution < 1.29 is 5.11 Å². The van der Waals surface area contributed by atoms with Crippen LogP contribution in [-0.4, -0.2) is 5.11 Å². The third-order valence-electron chi connectivity index (χ3n) is 6.15. The lowest BCUT2D eigenvalue weighted by atomic mass is 9.70. The van der Waals surface area contributed by atoms with Crippen molar-refractivity contribution in [3.05, 3.63) is 112 Å². The Morgan fingerprint density at radius 2 is 1.50 bits per heavy atom. The van der Waals surface area contributed by atoms with Gasteiger partial charge in [-0.05, 0) is 47.1 Å². The van der Waals surface area contributed by atoms with E-state index in [1.165, 1.54) is 27.8 Å². The van der Waals surface area contributed by atoms with Crippen LogP contribution in [0, 0.1) is 5.41 Å². The maximum atomic E-state index is 11.5. The van der Waals surface area contributed by atoms with E-state index < -0.39 is 6.10 Å². The molecule has 0 heterocycles. The minimum Gasteiger partial charge on any atom is -0.387 e. The molecule has 5 rings (SSSR count). The summed E-state index contributed by atoms with van der Waals surface area (Å²) in [5, 5.41) is 11.5. The summed E-state index contributed by atoms with van der Waals surface area (Å²) in [7, 11) is 0. The average molecular weight is 338 g/mol. The number of rotatable bonds is 3. The van der Waals surface area contributed by atoms with E-state index in [4.69, 9.17) is 0 Å². The van der Waals surface area contributed by atoms with Gasteiger partial charge in [-0.3, -0.25) is 0 Å². The van der Waals surface area contributed by atoms with Gasteiger partial charge in [-0.25, -0.2) is 0 Å². The molecule has 0 amide bonds. The third kappa shape index (κ3) is 2.35. The number of aliphatic hydroxyl groups is 1. The number of benzene rings is 3. The Hall–Kier alpha value is -2.64. The highest BCUT2D eigenvalue weighted by Gasteiger charge is 2.48. The van der Waals surface area contributed by atoms with Crippen LogP contribution in [0.3, 0.4) is 0 Å². The summed E-state index contributed by atoms with van der Waals surface area (Å²) in [6, 6.07) is 27.6. The minimum atomic E-state index is -0.459. The second-order valence-electron chi connectivity index (χ2n) is 7.64. The van der Waals surface area contributed by atoms with E-state index in [2.05, 4.69) is 78.9 Å². The Labute approximate surface area is 154 Å². The van der Waals surface area contributed by atoms with Gasteiger partial charge in [0.15, 0.2) is 0 Å². The van der Waals surface area contributed by atoms with Gasteiger partial charge in [0.1, 0.15) is 0 Å². The van der Waals surface area contributed by atoms with Crippen molar-refractivity contribution in [2.75, 3.05) is 0 Å². The molecule has 1 N–H and O–H groups in total. The zero-order chi connectivity index (χ0) is 17.6. The fourth-order valence-electron chi connectivity index (χ4n) is 4.82. The highest BCUT2D eigenvalue weighted by Crippen LogP contribution is 2.54. The van der Waals surface area contributed by atoms with Crippen molar-refractivity contribution in [3.8, 4) is 0 Å². The molecule has 0 saturated carbocycles. The number of fused-ring (bicyclic) bond motifs is 2. The molecule has 0 spiro atoms. The Bertz CT molecular complexity index is 986. The van der Waals surface area contributed by atoms with Crippen molar-refractivity contribution in [2.45, 2.75) is 25.4 Å². The molecule has 1 nitrogen and oxygen atoms in total.